The number of amides is 2. The molecule has 1 unspecified atom stereocenters. The lowest BCUT2D eigenvalue weighted by molar-refractivity contribution is -0.118. The summed E-state index contributed by atoms with van der Waals surface area (Å²) in [5.41, 5.74) is 6.61. The van der Waals surface area contributed by atoms with Crippen molar-refractivity contribution < 1.29 is 9.59 Å². The van der Waals surface area contributed by atoms with E-state index < -0.39 is 5.91 Å². The fourth-order valence-corrected chi connectivity index (χ4v) is 2.14. The molecule has 0 heterocycles. The molecule has 0 bridgehead atoms. The average molecular weight is 299 g/mol. The summed E-state index contributed by atoms with van der Waals surface area (Å²) in [7, 11) is 0. The van der Waals surface area contributed by atoms with Crippen molar-refractivity contribution in [3.63, 3.8) is 0 Å². The lowest BCUT2D eigenvalue weighted by Gasteiger charge is -2.12. The van der Waals surface area contributed by atoms with Gasteiger partial charge in [-0.25, -0.2) is 0 Å². The van der Waals surface area contributed by atoms with Gasteiger partial charge in [0.05, 0.1) is 0 Å². The van der Waals surface area contributed by atoms with Crippen molar-refractivity contribution in [2.24, 2.45) is 5.73 Å². The first-order valence-corrected chi connectivity index (χ1v) is 6.04. The summed E-state index contributed by atoms with van der Waals surface area (Å²) < 4.78 is 0.852. The summed E-state index contributed by atoms with van der Waals surface area (Å²) in [6.07, 6.45) is 0.138. The zero-order valence-electron chi connectivity index (χ0n) is 9.79. The highest BCUT2D eigenvalue weighted by Gasteiger charge is 2.12. The van der Waals surface area contributed by atoms with Crippen LogP contribution in [0.2, 0.25) is 0 Å². The lowest BCUT2D eigenvalue weighted by atomic mass is 10.1. The van der Waals surface area contributed by atoms with Crippen LogP contribution < -0.4 is 11.1 Å². The molecule has 0 fully saturated rings. The molecule has 92 valence electrons. The van der Waals surface area contributed by atoms with Crippen LogP contribution in [0.5, 0.6) is 0 Å². The summed E-state index contributed by atoms with van der Waals surface area (Å²) in [6, 6.07) is 5.18. The molecule has 0 saturated carbocycles. The van der Waals surface area contributed by atoms with Crippen LogP contribution in [-0.4, -0.2) is 17.9 Å². The third-order valence-electron chi connectivity index (χ3n) is 2.19. The number of aryl methyl sites for hydroxylation is 1. The number of benzene rings is 1. The Morgan fingerprint density at radius 1 is 1.41 bits per heavy atom. The van der Waals surface area contributed by atoms with E-state index in [0.717, 1.165) is 10.0 Å². The molecular weight excluding hydrogens is 284 g/mol. The standard InChI is InChI=1S/C12H15BrN2O2/c1-7-3-9(6-10(13)4-7)12(17)15-8(2)5-11(14)16/h3-4,6,8H,5H2,1-2H3,(H2,14,16)(H,15,17). The molecule has 1 atom stereocenters. The number of carbonyl (C=O) groups excluding carboxylic acids is 2. The first kappa shape index (κ1) is 13.7. The third-order valence-corrected chi connectivity index (χ3v) is 2.65. The molecule has 1 aromatic rings. The SMILES string of the molecule is Cc1cc(Br)cc(C(=O)NC(C)CC(N)=O)c1. The van der Waals surface area contributed by atoms with Gasteiger partial charge in [0.2, 0.25) is 5.91 Å². The van der Waals surface area contributed by atoms with Gasteiger partial charge >= 0.3 is 0 Å². The van der Waals surface area contributed by atoms with Gasteiger partial charge in [-0.3, -0.25) is 9.59 Å². The van der Waals surface area contributed by atoms with E-state index in [1.807, 2.05) is 13.0 Å². The Morgan fingerprint density at radius 2 is 2.06 bits per heavy atom. The molecule has 0 spiro atoms. The largest absolute Gasteiger partial charge is 0.370 e. The summed E-state index contributed by atoms with van der Waals surface area (Å²) >= 11 is 3.33. The highest BCUT2D eigenvalue weighted by molar-refractivity contribution is 9.10. The van der Waals surface area contributed by atoms with Crippen molar-refractivity contribution >= 4 is 27.7 Å². The molecule has 0 aliphatic heterocycles. The molecule has 3 N–H and O–H groups in total. The van der Waals surface area contributed by atoms with Gasteiger partial charge in [-0.1, -0.05) is 15.9 Å². The second-order valence-electron chi connectivity index (χ2n) is 4.06. The molecule has 0 saturated heterocycles. The zero-order chi connectivity index (χ0) is 13.0. The van der Waals surface area contributed by atoms with Gasteiger partial charge in [0, 0.05) is 22.5 Å². The van der Waals surface area contributed by atoms with E-state index in [2.05, 4.69) is 21.2 Å². The van der Waals surface area contributed by atoms with E-state index in [1.54, 1.807) is 19.1 Å². The minimum Gasteiger partial charge on any atom is -0.370 e. The quantitative estimate of drug-likeness (QED) is 0.889. The van der Waals surface area contributed by atoms with Gasteiger partial charge in [0.25, 0.3) is 5.91 Å². The van der Waals surface area contributed by atoms with Gasteiger partial charge in [-0.15, -0.1) is 0 Å². The Balaban J connectivity index is 2.72. The molecule has 1 aromatic carbocycles. The van der Waals surface area contributed by atoms with Crippen LogP contribution in [0.25, 0.3) is 0 Å². The Bertz CT molecular complexity index is 426. The highest BCUT2D eigenvalue weighted by atomic mass is 79.9. The second-order valence-corrected chi connectivity index (χ2v) is 4.98. The van der Waals surface area contributed by atoms with E-state index in [4.69, 9.17) is 5.73 Å². The molecule has 0 aliphatic rings. The van der Waals surface area contributed by atoms with Crippen LogP contribution in [0, 0.1) is 6.92 Å². The number of hydrogen-bond donors (Lipinski definition) is 2. The maximum Gasteiger partial charge on any atom is 0.251 e. The van der Waals surface area contributed by atoms with Gasteiger partial charge in [0.1, 0.15) is 0 Å². The summed E-state index contributed by atoms with van der Waals surface area (Å²) in [6.45, 7) is 3.65. The molecule has 2 amide bonds. The second kappa shape index (κ2) is 5.82. The minimum absolute atomic E-state index is 0.138. The van der Waals surface area contributed by atoms with Crippen LogP contribution in [-0.2, 0) is 4.79 Å². The lowest BCUT2D eigenvalue weighted by Crippen LogP contribution is -2.35. The molecule has 4 nitrogen and oxygen atoms in total. The number of halogens is 1. The van der Waals surface area contributed by atoms with Gasteiger partial charge in [0.15, 0.2) is 0 Å². The number of nitrogens with one attached hydrogen (secondary N) is 1. The molecule has 1 rings (SSSR count). The van der Waals surface area contributed by atoms with E-state index in [-0.39, 0.29) is 18.4 Å². The van der Waals surface area contributed by atoms with Gasteiger partial charge in [-0.05, 0) is 37.6 Å². The van der Waals surface area contributed by atoms with Gasteiger partial charge in [-0.2, -0.15) is 0 Å². The number of carbonyl (C=O) groups is 2. The number of hydrogen-bond acceptors (Lipinski definition) is 2. The highest BCUT2D eigenvalue weighted by Crippen LogP contribution is 2.15. The molecule has 17 heavy (non-hydrogen) atoms. The van der Waals surface area contributed by atoms with Crippen molar-refractivity contribution in [3.05, 3.63) is 33.8 Å². The topological polar surface area (TPSA) is 72.2 Å². The number of rotatable bonds is 4. The normalized spacial score (nSPS) is 11.9. The monoisotopic (exact) mass is 298 g/mol. The van der Waals surface area contributed by atoms with Crippen molar-refractivity contribution in [2.45, 2.75) is 26.3 Å². The summed E-state index contributed by atoms with van der Waals surface area (Å²) in [5, 5.41) is 2.72. The average Bonchev–Trinajstić information content (AvgIpc) is 2.14. The van der Waals surface area contributed by atoms with E-state index in [1.165, 1.54) is 0 Å². The predicted molar refractivity (Wildman–Crippen MR) is 69.6 cm³/mol. The fraction of sp³-hybridized carbons (Fsp3) is 0.333. The molecule has 0 aliphatic carbocycles. The smallest absolute Gasteiger partial charge is 0.251 e. The van der Waals surface area contributed by atoms with E-state index in [0.29, 0.717) is 5.56 Å². The Kier molecular flexibility index (Phi) is 4.69. The Hall–Kier alpha value is -1.36. The van der Waals surface area contributed by atoms with Crippen molar-refractivity contribution in [2.75, 3.05) is 0 Å². The molecule has 5 heteroatoms. The van der Waals surface area contributed by atoms with Crippen molar-refractivity contribution in [3.8, 4) is 0 Å². The van der Waals surface area contributed by atoms with Crippen LogP contribution in [0.3, 0.4) is 0 Å². The fourth-order valence-electron chi connectivity index (χ4n) is 1.53. The van der Waals surface area contributed by atoms with Crippen LogP contribution in [0.1, 0.15) is 29.3 Å². The summed E-state index contributed by atoms with van der Waals surface area (Å²) in [4.78, 5) is 22.6. The molecule has 0 radical (unpaired) electrons. The minimum atomic E-state index is -0.428. The maximum atomic E-state index is 11.9. The number of primary amides is 1. The van der Waals surface area contributed by atoms with E-state index in [9.17, 15) is 9.59 Å². The number of nitrogens with two attached hydrogens (primary N) is 1. The van der Waals surface area contributed by atoms with Crippen LogP contribution in [0.15, 0.2) is 22.7 Å². The maximum absolute atomic E-state index is 11.9. The van der Waals surface area contributed by atoms with Crippen molar-refractivity contribution in [1.29, 1.82) is 0 Å². The third kappa shape index (κ3) is 4.56. The van der Waals surface area contributed by atoms with Crippen LogP contribution in [0.4, 0.5) is 0 Å². The first-order chi connectivity index (χ1) is 7.88. The Morgan fingerprint density at radius 3 is 2.59 bits per heavy atom. The molecule has 0 aromatic heterocycles. The first-order valence-electron chi connectivity index (χ1n) is 5.25. The van der Waals surface area contributed by atoms with Gasteiger partial charge < -0.3 is 11.1 Å². The summed E-state index contributed by atoms with van der Waals surface area (Å²) in [5.74, 6) is -0.633. The zero-order valence-corrected chi connectivity index (χ0v) is 11.4. The Labute approximate surface area is 109 Å². The molecular formula is C12H15BrN2O2. The van der Waals surface area contributed by atoms with Crippen molar-refractivity contribution in [1.82, 2.24) is 5.32 Å². The predicted octanol–water partition coefficient (Wildman–Crippen LogP) is 1.75. The van der Waals surface area contributed by atoms with Crippen LogP contribution >= 0.6 is 15.9 Å². The van der Waals surface area contributed by atoms with E-state index >= 15 is 0 Å².